The van der Waals surface area contributed by atoms with Crippen LogP contribution in [0.4, 0.5) is 13.2 Å². The normalized spacial score (nSPS) is 14.6. The van der Waals surface area contributed by atoms with Gasteiger partial charge in [0, 0.05) is 30.7 Å². The number of aryl methyl sites for hydroxylation is 1. The van der Waals surface area contributed by atoms with Crippen molar-refractivity contribution in [2.75, 3.05) is 13.1 Å². The molecule has 1 fully saturated rings. The van der Waals surface area contributed by atoms with Crippen molar-refractivity contribution in [2.45, 2.75) is 45.3 Å². The summed E-state index contributed by atoms with van der Waals surface area (Å²) in [4.78, 5) is 10.2. The number of hydrogen-bond donors (Lipinski definition) is 0. The second-order valence-corrected chi connectivity index (χ2v) is 9.19. The Bertz CT molecular complexity index is 1430. The monoisotopic (exact) mass is 490 g/mol. The van der Waals surface area contributed by atoms with E-state index in [4.69, 9.17) is 4.52 Å². The minimum Gasteiger partial charge on any atom is -0.355 e. The van der Waals surface area contributed by atoms with Crippen molar-refractivity contribution in [1.82, 2.24) is 20.0 Å². The largest absolute Gasteiger partial charge is 0.416 e. The summed E-state index contributed by atoms with van der Waals surface area (Å²) in [5, 5.41) is 4.97. The van der Waals surface area contributed by atoms with Gasteiger partial charge in [-0.05, 0) is 67.7 Å². The third-order valence-electron chi connectivity index (χ3n) is 6.42. The molecular weight excluding hydrogens is 465 g/mol. The summed E-state index contributed by atoms with van der Waals surface area (Å²) in [5.41, 5.74) is 3.96. The molecular formula is C28H25F3N4O. The van der Waals surface area contributed by atoms with E-state index in [1.807, 2.05) is 25.1 Å². The number of hydrogen-bond acceptors (Lipinski definition) is 5. The topological polar surface area (TPSA) is 55.1 Å². The molecule has 0 aliphatic carbocycles. The van der Waals surface area contributed by atoms with Crippen LogP contribution >= 0.6 is 0 Å². The minimum absolute atomic E-state index is 0.229. The lowest BCUT2D eigenvalue weighted by atomic mass is 9.98. The first-order valence-electron chi connectivity index (χ1n) is 11.9. The van der Waals surface area contributed by atoms with E-state index in [2.05, 4.69) is 31.9 Å². The number of likely N-dealkylation sites (tertiary alicyclic amines) is 1. The molecule has 0 radical (unpaired) electrons. The SMILES string of the molecule is Cc1ccc2c(Cc3cc(CN4CCCCC4)cc(C(F)(F)F)c3)noc2c1C#Cc1cncnc1. The lowest BCUT2D eigenvalue weighted by Gasteiger charge is -2.27. The lowest BCUT2D eigenvalue weighted by Crippen LogP contribution is -2.29. The third kappa shape index (κ3) is 5.42. The number of nitrogens with zero attached hydrogens (tertiary/aromatic N) is 4. The second-order valence-electron chi connectivity index (χ2n) is 9.19. The molecule has 1 saturated heterocycles. The molecule has 0 atom stereocenters. The summed E-state index contributed by atoms with van der Waals surface area (Å²) in [6.45, 7) is 4.26. The summed E-state index contributed by atoms with van der Waals surface area (Å²) in [6, 6.07) is 8.14. The molecule has 0 unspecified atom stereocenters. The summed E-state index contributed by atoms with van der Waals surface area (Å²) < 4.78 is 46.8. The van der Waals surface area contributed by atoms with Gasteiger partial charge in [0.1, 0.15) is 6.33 Å². The van der Waals surface area contributed by atoms with Gasteiger partial charge < -0.3 is 4.52 Å². The van der Waals surface area contributed by atoms with Crippen LogP contribution < -0.4 is 0 Å². The number of benzene rings is 2. The van der Waals surface area contributed by atoms with Crippen molar-refractivity contribution in [2.24, 2.45) is 0 Å². The van der Waals surface area contributed by atoms with Gasteiger partial charge in [0.2, 0.25) is 0 Å². The molecule has 5 rings (SSSR count). The molecule has 0 N–H and O–H groups in total. The highest BCUT2D eigenvalue weighted by atomic mass is 19.4. The van der Waals surface area contributed by atoms with E-state index >= 15 is 0 Å². The first-order valence-corrected chi connectivity index (χ1v) is 11.9. The summed E-state index contributed by atoms with van der Waals surface area (Å²) in [5.74, 6) is 6.15. The van der Waals surface area contributed by atoms with Crippen LogP contribution in [-0.2, 0) is 19.1 Å². The second kappa shape index (κ2) is 10.1. The minimum atomic E-state index is -4.42. The predicted octanol–water partition coefficient (Wildman–Crippen LogP) is 5.92. The highest BCUT2D eigenvalue weighted by Crippen LogP contribution is 2.33. The molecule has 4 aromatic rings. The molecule has 0 bridgehead atoms. The Morgan fingerprint density at radius 2 is 1.72 bits per heavy atom. The molecule has 184 valence electrons. The standard InChI is InChI=1S/C28H25F3N4O/c1-19-5-7-25-26(34-36-27(25)24(19)8-6-20-15-32-18-33-16-20)14-21-11-22(13-23(12-21)28(29,30)31)17-35-9-3-2-4-10-35/h5,7,11-13,15-16,18H,2-4,9-10,14,17H2,1H3. The Labute approximate surface area is 207 Å². The van der Waals surface area contributed by atoms with Gasteiger partial charge >= 0.3 is 6.18 Å². The Hall–Kier alpha value is -3.70. The van der Waals surface area contributed by atoms with Gasteiger partial charge in [-0.25, -0.2) is 9.97 Å². The summed E-state index contributed by atoms with van der Waals surface area (Å²) >= 11 is 0. The van der Waals surface area contributed by atoms with E-state index in [-0.39, 0.29) is 6.42 Å². The van der Waals surface area contributed by atoms with Crippen LogP contribution in [-0.4, -0.2) is 33.1 Å². The van der Waals surface area contributed by atoms with Crippen molar-refractivity contribution in [3.63, 3.8) is 0 Å². The van der Waals surface area contributed by atoms with Gasteiger partial charge in [0.25, 0.3) is 0 Å². The first kappa shape index (κ1) is 24.0. The van der Waals surface area contributed by atoms with Gasteiger partial charge in [-0.1, -0.05) is 35.6 Å². The maximum absolute atomic E-state index is 13.7. The van der Waals surface area contributed by atoms with E-state index in [9.17, 15) is 13.2 Å². The fourth-order valence-corrected chi connectivity index (χ4v) is 4.62. The molecule has 2 aromatic heterocycles. The van der Waals surface area contributed by atoms with E-state index in [1.165, 1.54) is 24.9 Å². The molecule has 1 aliphatic heterocycles. The molecule has 0 spiro atoms. The summed E-state index contributed by atoms with van der Waals surface area (Å²) in [6.07, 6.45) is 3.83. The van der Waals surface area contributed by atoms with Crippen molar-refractivity contribution >= 4 is 11.0 Å². The highest BCUT2D eigenvalue weighted by Gasteiger charge is 2.31. The van der Waals surface area contributed by atoms with Crippen LogP contribution in [0, 0.1) is 18.8 Å². The third-order valence-corrected chi connectivity index (χ3v) is 6.42. The molecule has 2 aromatic carbocycles. The zero-order chi connectivity index (χ0) is 25.1. The molecule has 3 heterocycles. The van der Waals surface area contributed by atoms with Crippen molar-refractivity contribution in [1.29, 1.82) is 0 Å². The van der Waals surface area contributed by atoms with Crippen LogP contribution in [0.5, 0.6) is 0 Å². The van der Waals surface area contributed by atoms with Crippen LogP contribution in [0.1, 0.15) is 58.3 Å². The first-order chi connectivity index (χ1) is 17.4. The van der Waals surface area contributed by atoms with Crippen LogP contribution in [0.15, 0.2) is 53.6 Å². The molecule has 1 aliphatic rings. The van der Waals surface area contributed by atoms with E-state index in [1.54, 1.807) is 12.4 Å². The fourth-order valence-electron chi connectivity index (χ4n) is 4.62. The van der Waals surface area contributed by atoms with Crippen molar-refractivity contribution in [3.8, 4) is 11.8 Å². The molecule has 8 heteroatoms. The Balaban J connectivity index is 1.48. The lowest BCUT2D eigenvalue weighted by molar-refractivity contribution is -0.137. The molecule has 0 amide bonds. The average Bonchev–Trinajstić information content (AvgIpc) is 3.26. The zero-order valence-corrected chi connectivity index (χ0v) is 19.9. The van der Waals surface area contributed by atoms with Crippen LogP contribution in [0.3, 0.4) is 0 Å². The molecule has 0 saturated carbocycles. The Morgan fingerprint density at radius 1 is 0.972 bits per heavy atom. The van der Waals surface area contributed by atoms with Gasteiger partial charge in [-0.15, -0.1) is 0 Å². The van der Waals surface area contributed by atoms with Gasteiger partial charge in [-0.3, -0.25) is 4.90 Å². The Kier molecular flexibility index (Phi) is 6.75. The number of rotatable bonds is 4. The van der Waals surface area contributed by atoms with Crippen molar-refractivity contribution < 1.29 is 17.7 Å². The van der Waals surface area contributed by atoms with Gasteiger partial charge in [0.15, 0.2) is 5.58 Å². The van der Waals surface area contributed by atoms with Crippen LogP contribution in [0.2, 0.25) is 0 Å². The fraction of sp³-hybridized carbons (Fsp3) is 0.321. The smallest absolute Gasteiger partial charge is 0.355 e. The number of fused-ring (bicyclic) bond motifs is 1. The number of halogens is 3. The summed E-state index contributed by atoms with van der Waals surface area (Å²) in [7, 11) is 0. The van der Waals surface area contributed by atoms with E-state index in [0.717, 1.165) is 36.9 Å². The predicted molar refractivity (Wildman–Crippen MR) is 130 cm³/mol. The maximum Gasteiger partial charge on any atom is 0.416 e. The van der Waals surface area contributed by atoms with E-state index < -0.39 is 11.7 Å². The number of alkyl halides is 3. The van der Waals surface area contributed by atoms with Crippen molar-refractivity contribution in [3.05, 3.63) is 88.1 Å². The van der Waals surface area contributed by atoms with Crippen LogP contribution in [0.25, 0.3) is 11.0 Å². The molecule has 36 heavy (non-hydrogen) atoms. The molecule has 5 nitrogen and oxygen atoms in total. The Morgan fingerprint density at radius 3 is 2.47 bits per heavy atom. The zero-order valence-electron chi connectivity index (χ0n) is 19.9. The average molecular weight is 491 g/mol. The van der Waals surface area contributed by atoms with Gasteiger partial charge in [-0.2, -0.15) is 13.2 Å². The van der Waals surface area contributed by atoms with Gasteiger partial charge in [0.05, 0.1) is 22.4 Å². The quantitative estimate of drug-likeness (QED) is 0.332. The number of piperidine rings is 1. The number of aromatic nitrogens is 3. The highest BCUT2D eigenvalue weighted by molar-refractivity contribution is 5.86. The van der Waals surface area contributed by atoms with E-state index in [0.29, 0.717) is 40.1 Å². The maximum atomic E-state index is 13.7.